The number of aliphatic hydroxyl groups is 1. The van der Waals surface area contributed by atoms with E-state index in [1.165, 1.54) is 12.3 Å². The summed E-state index contributed by atoms with van der Waals surface area (Å²) in [4.78, 5) is 27.4. The number of aliphatic hydroxyl groups excluding tert-OH is 1. The van der Waals surface area contributed by atoms with E-state index < -0.39 is 5.56 Å². The molecule has 0 fully saturated rings. The lowest BCUT2D eigenvalue weighted by molar-refractivity contribution is 0.0678. The lowest BCUT2D eigenvalue weighted by Crippen LogP contribution is -2.39. The molecule has 0 radical (unpaired) electrons. The zero-order chi connectivity index (χ0) is 13.7. The molecule has 0 bridgehead atoms. The predicted molar refractivity (Wildman–Crippen MR) is 69.9 cm³/mol. The molecular formula is C12H17ClN2O3. The fraction of sp³-hybridized carbons (Fsp3) is 0.500. The highest BCUT2D eigenvalue weighted by atomic mass is 35.5. The van der Waals surface area contributed by atoms with Crippen LogP contribution >= 0.6 is 11.6 Å². The Kier molecular flexibility index (Phi) is 5.37. The second-order valence-corrected chi connectivity index (χ2v) is 4.43. The Morgan fingerprint density at radius 2 is 2.28 bits per heavy atom. The van der Waals surface area contributed by atoms with E-state index in [1.54, 1.807) is 4.90 Å². The molecular weight excluding hydrogens is 256 g/mol. The number of carbonyl (C=O) groups is 1. The zero-order valence-corrected chi connectivity index (χ0v) is 11.2. The molecule has 0 aliphatic rings. The van der Waals surface area contributed by atoms with Gasteiger partial charge in [0.1, 0.15) is 5.02 Å². The van der Waals surface area contributed by atoms with E-state index in [9.17, 15) is 9.59 Å². The van der Waals surface area contributed by atoms with Gasteiger partial charge in [-0.3, -0.25) is 9.59 Å². The minimum absolute atomic E-state index is 0.00767. The quantitative estimate of drug-likeness (QED) is 0.848. The van der Waals surface area contributed by atoms with Gasteiger partial charge in [0, 0.05) is 25.4 Å². The second kappa shape index (κ2) is 6.56. The van der Waals surface area contributed by atoms with Crippen molar-refractivity contribution in [2.75, 3.05) is 13.2 Å². The van der Waals surface area contributed by atoms with Crippen molar-refractivity contribution in [3.63, 3.8) is 0 Å². The van der Waals surface area contributed by atoms with Crippen molar-refractivity contribution in [1.29, 1.82) is 0 Å². The van der Waals surface area contributed by atoms with Crippen LogP contribution in [0.1, 0.15) is 30.6 Å². The second-order valence-electron chi connectivity index (χ2n) is 4.02. The number of aromatic nitrogens is 1. The highest BCUT2D eigenvalue weighted by Crippen LogP contribution is 2.11. The molecule has 0 saturated carbocycles. The van der Waals surface area contributed by atoms with Crippen LogP contribution in [0.2, 0.25) is 5.02 Å². The summed E-state index contributed by atoms with van der Waals surface area (Å²) in [5.41, 5.74) is -0.0779. The molecule has 100 valence electrons. The molecule has 5 nitrogen and oxygen atoms in total. The summed E-state index contributed by atoms with van der Waals surface area (Å²) in [5, 5.41) is 8.90. The number of hydrogen-bond donors (Lipinski definition) is 2. The van der Waals surface area contributed by atoms with Crippen molar-refractivity contribution in [3.8, 4) is 0 Å². The third kappa shape index (κ3) is 3.34. The van der Waals surface area contributed by atoms with E-state index in [1.807, 2.05) is 13.8 Å². The molecule has 1 unspecified atom stereocenters. The van der Waals surface area contributed by atoms with Crippen molar-refractivity contribution in [1.82, 2.24) is 9.88 Å². The minimum Gasteiger partial charge on any atom is -0.396 e. The largest absolute Gasteiger partial charge is 0.396 e. The first kappa shape index (κ1) is 14.7. The van der Waals surface area contributed by atoms with Crippen LogP contribution < -0.4 is 5.56 Å². The smallest absolute Gasteiger partial charge is 0.266 e. The average molecular weight is 273 g/mol. The molecule has 0 spiro atoms. The molecule has 18 heavy (non-hydrogen) atoms. The fourth-order valence-corrected chi connectivity index (χ4v) is 1.92. The standard InChI is InChI=1S/C12H17ClN2O3/c1-3-15(8(2)4-5-16)12(18)9-6-10(13)11(17)14-7-9/h6-8,16H,3-5H2,1-2H3,(H,14,17). The molecule has 1 rings (SSSR count). The van der Waals surface area contributed by atoms with Gasteiger partial charge >= 0.3 is 0 Å². The molecule has 1 aromatic heterocycles. The van der Waals surface area contributed by atoms with Crippen molar-refractivity contribution >= 4 is 17.5 Å². The Morgan fingerprint density at radius 1 is 1.61 bits per heavy atom. The number of carbonyl (C=O) groups excluding carboxylic acids is 1. The lowest BCUT2D eigenvalue weighted by Gasteiger charge is -2.27. The molecule has 0 saturated heterocycles. The maximum Gasteiger partial charge on any atom is 0.266 e. The van der Waals surface area contributed by atoms with Crippen LogP contribution in [0.5, 0.6) is 0 Å². The van der Waals surface area contributed by atoms with Crippen LogP contribution in [0.25, 0.3) is 0 Å². The summed E-state index contributed by atoms with van der Waals surface area (Å²) in [6, 6.07) is 1.29. The highest BCUT2D eigenvalue weighted by molar-refractivity contribution is 6.30. The monoisotopic (exact) mass is 272 g/mol. The number of pyridine rings is 1. The number of halogens is 1. The Morgan fingerprint density at radius 3 is 2.78 bits per heavy atom. The highest BCUT2D eigenvalue weighted by Gasteiger charge is 2.20. The zero-order valence-electron chi connectivity index (χ0n) is 10.4. The molecule has 1 aromatic rings. The van der Waals surface area contributed by atoms with Gasteiger partial charge in [-0.05, 0) is 26.3 Å². The summed E-state index contributed by atoms with van der Waals surface area (Å²) in [7, 11) is 0. The van der Waals surface area contributed by atoms with Gasteiger partial charge < -0.3 is 15.0 Å². The SMILES string of the molecule is CCN(C(=O)c1c[nH]c(=O)c(Cl)c1)C(C)CCO. The molecule has 0 aromatic carbocycles. The number of nitrogens with zero attached hydrogens (tertiary/aromatic N) is 1. The molecule has 1 atom stereocenters. The molecule has 1 amide bonds. The first-order valence-electron chi connectivity index (χ1n) is 5.81. The molecule has 1 heterocycles. The Balaban J connectivity index is 2.96. The summed E-state index contributed by atoms with van der Waals surface area (Å²) in [6.45, 7) is 4.28. The van der Waals surface area contributed by atoms with E-state index >= 15 is 0 Å². The third-order valence-corrected chi connectivity index (χ3v) is 3.07. The lowest BCUT2D eigenvalue weighted by atomic mass is 10.1. The van der Waals surface area contributed by atoms with Gasteiger partial charge in [-0.25, -0.2) is 0 Å². The van der Waals surface area contributed by atoms with Gasteiger partial charge in [0.25, 0.3) is 11.5 Å². The van der Waals surface area contributed by atoms with Gasteiger partial charge in [0.2, 0.25) is 0 Å². The van der Waals surface area contributed by atoms with E-state index in [4.69, 9.17) is 16.7 Å². The maximum atomic E-state index is 12.2. The summed E-state index contributed by atoms with van der Waals surface area (Å²) in [5.74, 6) is -0.211. The number of amides is 1. The normalized spacial score (nSPS) is 12.2. The topological polar surface area (TPSA) is 73.4 Å². The number of aromatic amines is 1. The number of hydrogen-bond acceptors (Lipinski definition) is 3. The third-order valence-electron chi connectivity index (χ3n) is 2.79. The van der Waals surface area contributed by atoms with Gasteiger partial charge in [-0.15, -0.1) is 0 Å². The van der Waals surface area contributed by atoms with Crippen LogP contribution in [-0.2, 0) is 0 Å². The summed E-state index contributed by atoms with van der Waals surface area (Å²) in [6.07, 6.45) is 1.86. The van der Waals surface area contributed by atoms with Crippen LogP contribution in [0.4, 0.5) is 0 Å². The van der Waals surface area contributed by atoms with Gasteiger partial charge in [-0.2, -0.15) is 0 Å². The predicted octanol–water partition coefficient (Wildman–Crippen LogP) is 1.26. The average Bonchev–Trinajstić information content (AvgIpc) is 2.33. The first-order valence-corrected chi connectivity index (χ1v) is 6.19. The van der Waals surface area contributed by atoms with Gasteiger partial charge in [0.15, 0.2) is 0 Å². The van der Waals surface area contributed by atoms with Crippen molar-refractivity contribution in [3.05, 3.63) is 33.2 Å². The van der Waals surface area contributed by atoms with Gasteiger partial charge in [-0.1, -0.05) is 11.6 Å². The van der Waals surface area contributed by atoms with Crippen molar-refractivity contribution in [2.24, 2.45) is 0 Å². The van der Waals surface area contributed by atoms with E-state index in [0.717, 1.165) is 0 Å². The van der Waals surface area contributed by atoms with Crippen LogP contribution in [-0.4, -0.2) is 40.1 Å². The van der Waals surface area contributed by atoms with E-state index in [2.05, 4.69) is 4.98 Å². The van der Waals surface area contributed by atoms with Gasteiger partial charge in [0.05, 0.1) is 5.56 Å². The Labute approximate surface area is 110 Å². The Hall–Kier alpha value is -1.33. The number of rotatable bonds is 5. The fourth-order valence-electron chi connectivity index (χ4n) is 1.74. The van der Waals surface area contributed by atoms with Crippen LogP contribution in [0.3, 0.4) is 0 Å². The minimum atomic E-state index is -0.417. The maximum absolute atomic E-state index is 12.2. The van der Waals surface area contributed by atoms with Crippen molar-refractivity contribution in [2.45, 2.75) is 26.3 Å². The summed E-state index contributed by atoms with van der Waals surface area (Å²) >= 11 is 5.69. The van der Waals surface area contributed by atoms with E-state index in [0.29, 0.717) is 18.5 Å². The van der Waals surface area contributed by atoms with Crippen LogP contribution in [0, 0.1) is 0 Å². The molecule has 0 aliphatic heterocycles. The number of nitrogens with one attached hydrogen (secondary N) is 1. The van der Waals surface area contributed by atoms with E-state index in [-0.39, 0.29) is 23.6 Å². The number of H-pyrrole nitrogens is 1. The first-order chi connectivity index (χ1) is 8.51. The van der Waals surface area contributed by atoms with Crippen LogP contribution in [0.15, 0.2) is 17.1 Å². The molecule has 2 N–H and O–H groups in total. The molecule has 6 heteroatoms. The summed E-state index contributed by atoms with van der Waals surface area (Å²) < 4.78 is 0. The van der Waals surface area contributed by atoms with Crippen molar-refractivity contribution < 1.29 is 9.90 Å². The Bertz CT molecular complexity index is 473. The molecule has 0 aliphatic carbocycles.